The van der Waals surface area contributed by atoms with E-state index in [0.29, 0.717) is 16.7 Å². The largest absolute Gasteiger partial charge is 0.346 e. The molecule has 0 aliphatic rings. The first-order valence-electron chi connectivity index (χ1n) is 8.80. The average molecular weight is 361 g/mol. The molecule has 2 aromatic heterocycles. The van der Waals surface area contributed by atoms with Crippen LogP contribution < -0.4 is 10.9 Å². The van der Waals surface area contributed by atoms with Crippen molar-refractivity contribution in [1.82, 2.24) is 24.8 Å². The van der Waals surface area contributed by atoms with Crippen LogP contribution in [-0.4, -0.2) is 25.4 Å². The third kappa shape index (κ3) is 3.44. The number of aromatic nitrogens is 4. The molecule has 4 aromatic rings. The fourth-order valence-electron chi connectivity index (χ4n) is 3.05. The minimum atomic E-state index is -0.253. The second kappa shape index (κ2) is 7.03. The van der Waals surface area contributed by atoms with Gasteiger partial charge in [-0.15, -0.1) is 0 Å². The lowest BCUT2D eigenvalue weighted by Gasteiger charge is -2.12. The molecule has 2 heterocycles. The highest BCUT2D eigenvalue weighted by atomic mass is 16.2. The summed E-state index contributed by atoms with van der Waals surface area (Å²) in [5.74, 6) is 0.553. The average Bonchev–Trinajstić information content (AvgIpc) is 3.12. The van der Waals surface area contributed by atoms with Crippen molar-refractivity contribution in [2.75, 3.05) is 0 Å². The normalized spacial score (nSPS) is 12.3. The number of nitrogens with one attached hydrogen (secondary N) is 2. The molecule has 0 radical (unpaired) electrons. The summed E-state index contributed by atoms with van der Waals surface area (Å²) in [6.07, 6.45) is 1.67. The minimum absolute atomic E-state index is 0.140. The zero-order chi connectivity index (χ0) is 18.8. The van der Waals surface area contributed by atoms with Crippen molar-refractivity contribution in [3.63, 3.8) is 0 Å². The van der Waals surface area contributed by atoms with E-state index in [1.807, 2.05) is 37.3 Å². The van der Waals surface area contributed by atoms with E-state index in [4.69, 9.17) is 0 Å². The van der Waals surface area contributed by atoms with Gasteiger partial charge in [-0.2, -0.15) is 0 Å². The van der Waals surface area contributed by atoms with Crippen LogP contribution in [0.4, 0.5) is 0 Å². The smallest absolute Gasteiger partial charge is 0.261 e. The molecule has 0 unspecified atom stereocenters. The van der Waals surface area contributed by atoms with E-state index in [1.165, 1.54) is 10.9 Å². The second-order valence-electron chi connectivity index (χ2n) is 6.44. The summed E-state index contributed by atoms with van der Waals surface area (Å²) in [6, 6.07) is 14.6. The van der Waals surface area contributed by atoms with Gasteiger partial charge in [0.05, 0.1) is 34.3 Å². The Bertz CT molecular complexity index is 1140. The Kier molecular flexibility index (Phi) is 4.42. The summed E-state index contributed by atoms with van der Waals surface area (Å²) in [4.78, 5) is 36.7. The van der Waals surface area contributed by atoms with Gasteiger partial charge in [0.1, 0.15) is 5.82 Å². The number of imidazole rings is 1. The van der Waals surface area contributed by atoms with Crippen LogP contribution in [-0.2, 0) is 11.3 Å². The Labute approximate surface area is 155 Å². The number of aryl methyl sites for hydroxylation is 1. The fourth-order valence-corrected chi connectivity index (χ4v) is 3.05. The standard InChI is InChI=1S/C20H19N5O2/c1-13(19-23-16-8-4-5-9-17(16)24-19)22-18(26)10-11-25-12-21-15-7-3-2-6-14(15)20(25)27/h2-9,12-13H,10-11H2,1H3,(H,22,26)(H,23,24)/t13-/m0/s1. The molecule has 27 heavy (non-hydrogen) atoms. The van der Waals surface area contributed by atoms with Crippen LogP contribution in [0.25, 0.3) is 21.9 Å². The third-order valence-electron chi connectivity index (χ3n) is 4.51. The van der Waals surface area contributed by atoms with E-state index in [-0.39, 0.29) is 30.5 Å². The van der Waals surface area contributed by atoms with E-state index in [1.54, 1.807) is 18.2 Å². The molecular weight excluding hydrogens is 342 g/mol. The number of hydrogen-bond donors (Lipinski definition) is 2. The van der Waals surface area contributed by atoms with Crippen LogP contribution in [0.2, 0.25) is 0 Å². The van der Waals surface area contributed by atoms with Crippen molar-refractivity contribution >= 4 is 27.8 Å². The van der Waals surface area contributed by atoms with Crippen LogP contribution >= 0.6 is 0 Å². The fraction of sp³-hybridized carbons (Fsp3) is 0.200. The molecule has 0 aliphatic carbocycles. The summed E-state index contributed by atoms with van der Waals surface area (Å²) in [6.45, 7) is 2.15. The van der Waals surface area contributed by atoms with Crippen molar-refractivity contribution in [3.8, 4) is 0 Å². The number of fused-ring (bicyclic) bond motifs is 2. The Morgan fingerprint density at radius 3 is 2.70 bits per heavy atom. The molecule has 2 aromatic carbocycles. The SMILES string of the molecule is C[C@H](NC(=O)CCn1cnc2ccccc2c1=O)c1nc2ccccc2[nH]1. The molecule has 0 aliphatic heterocycles. The summed E-state index contributed by atoms with van der Waals surface area (Å²) < 4.78 is 1.47. The molecule has 2 N–H and O–H groups in total. The maximum atomic E-state index is 12.5. The molecule has 4 rings (SSSR count). The quantitative estimate of drug-likeness (QED) is 0.571. The number of carbonyl (C=O) groups is 1. The van der Waals surface area contributed by atoms with Gasteiger partial charge in [-0.1, -0.05) is 24.3 Å². The molecule has 1 amide bonds. The molecule has 0 saturated heterocycles. The number of rotatable bonds is 5. The van der Waals surface area contributed by atoms with Crippen molar-refractivity contribution in [1.29, 1.82) is 0 Å². The van der Waals surface area contributed by atoms with Gasteiger partial charge in [-0.3, -0.25) is 14.2 Å². The van der Waals surface area contributed by atoms with Gasteiger partial charge in [0.15, 0.2) is 0 Å². The van der Waals surface area contributed by atoms with Crippen LogP contribution in [0.15, 0.2) is 59.7 Å². The highest BCUT2D eigenvalue weighted by molar-refractivity contribution is 5.78. The van der Waals surface area contributed by atoms with E-state index in [2.05, 4.69) is 20.3 Å². The Morgan fingerprint density at radius 2 is 1.89 bits per heavy atom. The van der Waals surface area contributed by atoms with Gasteiger partial charge in [0.25, 0.3) is 5.56 Å². The van der Waals surface area contributed by atoms with Gasteiger partial charge >= 0.3 is 0 Å². The van der Waals surface area contributed by atoms with Crippen molar-refractivity contribution in [3.05, 3.63) is 71.0 Å². The monoisotopic (exact) mass is 361 g/mol. The van der Waals surface area contributed by atoms with E-state index in [0.717, 1.165) is 11.0 Å². The van der Waals surface area contributed by atoms with E-state index >= 15 is 0 Å². The van der Waals surface area contributed by atoms with Crippen molar-refractivity contribution in [2.45, 2.75) is 25.9 Å². The molecular formula is C20H19N5O2. The molecule has 0 fully saturated rings. The number of hydrogen-bond acceptors (Lipinski definition) is 4. The zero-order valence-electron chi connectivity index (χ0n) is 14.8. The lowest BCUT2D eigenvalue weighted by Crippen LogP contribution is -2.30. The summed E-state index contributed by atoms with van der Waals surface area (Å²) in [5.41, 5.74) is 2.31. The molecule has 0 bridgehead atoms. The number of amides is 1. The Hall–Kier alpha value is -3.48. The lowest BCUT2D eigenvalue weighted by atomic mass is 10.2. The maximum Gasteiger partial charge on any atom is 0.261 e. The molecule has 0 spiro atoms. The van der Waals surface area contributed by atoms with Gasteiger partial charge in [0, 0.05) is 13.0 Å². The molecule has 1 atom stereocenters. The molecule has 136 valence electrons. The highest BCUT2D eigenvalue weighted by Gasteiger charge is 2.14. The molecule has 7 heteroatoms. The van der Waals surface area contributed by atoms with Crippen LogP contribution in [0, 0.1) is 0 Å². The Morgan fingerprint density at radius 1 is 1.15 bits per heavy atom. The zero-order valence-corrected chi connectivity index (χ0v) is 14.8. The number of aromatic amines is 1. The highest BCUT2D eigenvalue weighted by Crippen LogP contribution is 2.15. The van der Waals surface area contributed by atoms with Gasteiger partial charge in [-0.25, -0.2) is 9.97 Å². The van der Waals surface area contributed by atoms with Crippen molar-refractivity contribution < 1.29 is 4.79 Å². The summed E-state index contributed by atoms with van der Waals surface area (Å²) >= 11 is 0. The van der Waals surface area contributed by atoms with Gasteiger partial charge in [-0.05, 0) is 31.2 Å². The summed E-state index contributed by atoms with van der Waals surface area (Å²) in [7, 11) is 0. The van der Waals surface area contributed by atoms with Crippen LogP contribution in [0.5, 0.6) is 0 Å². The summed E-state index contributed by atoms with van der Waals surface area (Å²) in [5, 5.41) is 3.47. The lowest BCUT2D eigenvalue weighted by molar-refractivity contribution is -0.122. The first kappa shape index (κ1) is 17.0. The number of nitrogens with zero attached hydrogens (tertiary/aromatic N) is 3. The van der Waals surface area contributed by atoms with Gasteiger partial charge in [0.2, 0.25) is 5.91 Å². The number of para-hydroxylation sites is 3. The number of carbonyl (C=O) groups excluding carboxylic acids is 1. The van der Waals surface area contributed by atoms with E-state index in [9.17, 15) is 9.59 Å². The predicted octanol–water partition coefficient (Wildman–Crippen LogP) is 2.54. The second-order valence-corrected chi connectivity index (χ2v) is 6.44. The predicted molar refractivity (Wildman–Crippen MR) is 103 cm³/mol. The number of H-pyrrole nitrogens is 1. The maximum absolute atomic E-state index is 12.5. The minimum Gasteiger partial charge on any atom is -0.346 e. The third-order valence-corrected chi connectivity index (χ3v) is 4.51. The molecule has 0 saturated carbocycles. The van der Waals surface area contributed by atoms with Crippen LogP contribution in [0.1, 0.15) is 25.2 Å². The topological polar surface area (TPSA) is 92.7 Å². The molecule has 7 nitrogen and oxygen atoms in total. The first-order chi connectivity index (χ1) is 13.1. The van der Waals surface area contributed by atoms with Crippen LogP contribution in [0.3, 0.4) is 0 Å². The first-order valence-corrected chi connectivity index (χ1v) is 8.80. The number of benzene rings is 2. The van der Waals surface area contributed by atoms with E-state index < -0.39 is 0 Å². The van der Waals surface area contributed by atoms with Crippen molar-refractivity contribution in [2.24, 2.45) is 0 Å². The van der Waals surface area contributed by atoms with Gasteiger partial charge < -0.3 is 10.3 Å². The Balaban J connectivity index is 1.42.